The summed E-state index contributed by atoms with van der Waals surface area (Å²) in [7, 11) is 4.47. The maximum absolute atomic E-state index is 14.5. The van der Waals surface area contributed by atoms with Crippen LogP contribution >= 0.6 is 23.2 Å². The van der Waals surface area contributed by atoms with E-state index in [0.717, 1.165) is 5.56 Å². The molecule has 11 heteroatoms. The van der Waals surface area contributed by atoms with E-state index < -0.39 is 23.2 Å². The summed E-state index contributed by atoms with van der Waals surface area (Å²) in [5.41, 5.74) is 6.98. The van der Waals surface area contributed by atoms with Crippen molar-refractivity contribution in [1.29, 1.82) is 0 Å². The number of nitrogens with zero attached hydrogens (tertiary/aromatic N) is 1. The Morgan fingerprint density at radius 2 is 1.65 bits per heavy atom. The third-order valence-corrected chi connectivity index (χ3v) is 10.5. The second-order valence-electron chi connectivity index (χ2n) is 11.8. The molecule has 0 bridgehead atoms. The number of carbonyl (C=O) groups excluding carboxylic acids is 3. The molecule has 5 unspecified atom stereocenters. The SMILES string of the molecule is CCC(C1CCNC1=O)C1CN(C(=O)c2cc(OC)c(OC)c(OC)c2)CC(c2ccc(Cl)c(Cl)c2)C1(C(N)=O)c1ccccc1. The molecule has 5 atom stereocenters. The van der Waals surface area contributed by atoms with Gasteiger partial charge in [0.25, 0.3) is 5.91 Å². The average Bonchev–Trinajstić information content (AvgIpc) is 3.50. The number of ether oxygens (including phenoxy) is 3. The summed E-state index contributed by atoms with van der Waals surface area (Å²) in [4.78, 5) is 43.7. The van der Waals surface area contributed by atoms with E-state index in [1.807, 2.05) is 43.3 Å². The van der Waals surface area contributed by atoms with E-state index in [0.29, 0.717) is 57.8 Å². The van der Waals surface area contributed by atoms with E-state index in [9.17, 15) is 14.4 Å². The molecular formula is C35H39Cl2N3O6. The Morgan fingerprint density at radius 3 is 2.17 bits per heavy atom. The lowest BCUT2D eigenvalue weighted by molar-refractivity contribution is -0.134. The highest BCUT2D eigenvalue weighted by atomic mass is 35.5. The third kappa shape index (κ3) is 5.75. The van der Waals surface area contributed by atoms with Gasteiger partial charge in [-0.3, -0.25) is 14.4 Å². The van der Waals surface area contributed by atoms with E-state index in [-0.39, 0.29) is 36.7 Å². The molecule has 244 valence electrons. The lowest BCUT2D eigenvalue weighted by Crippen LogP contribution is -2.64. The number of piperidine rings is 1. The number of nitrogens with two attached hydrogens (primary N) is 1. The highest BCUT2D eigenvalue weighted by Gasteiger charge is 2.59. The van der Waals surface area contributed by atoms with Crippen molar-refractivity contribution in [2.45, 2.75) is 31.1 Å². The van der Waals surface area contributed by atoms with Gasteiger partial charge in [0, 0.05) is 37.0 Å². The summed E-state index contributed by atoms with van der Waals surface area (Å²) < 4.78 is 16.6. The number of methoxy groups -OCH3 is 3. The minimum Gasteiger partial charge on any atom is -0.493 e. The molecule has 0 saturated carbocycles. The maximum atomic E-state index is 14.5. The smallest absolute Gasteiger partial charge is 0.254 e. The van der Waals surface area contributed by atoms with Gasteiger partial charge in [0.2, 0.25) is 17.6 Å². The minimum absolute atomic E-state index is 0.0579. The van der Waals surface area contributed by atoms with Crippen LogP contribution in [0.5, 0.6) is 17.2 Å². The second kappa shape index (κ2) is 13.8. The van der Waals surface area contributed by atoms with Crippen molar-refractivity contribution in [3.63, 3.8) is 0 Å². The van der Waals surface area contributed by atoms with Crippen molar-refractivity contribution >= 4 is 40.9 Å². The molecule has 0 radical (unpaired) electrons. The zero-order valence-electron chi connectivity index (χ0n) is 26.3. The van der Waals surface area contributed by atoms with Crippen molar-refractivity contribution in [2.75, 3.05) is 41.0 Å². The van der Waals surface area contributed by atoms with E-state index in [2.05, 4.69) is 5.32 Å². The Morgan fingerprint density at radius 1 is 0.978 bits per heavy atom. The van der Waals surface area contributed by atoms with Gasteiger partial charge in [0.1, 0.15) is 0 Å². The van der Waals surface area contributed by atoms with Crippen molar-refractivity contribution < 1.29 is 28.6 Å². The monoisotopic (exact) mass is 667 g/mol. The van der Waals surface area contributed by atoms with Crippen LogP contribution in [-0.2, 0) is 15.0 Å². The van der Waals surface area contributed by atoms with Gasteiger partial charge in [-0.2, -0.15) is 0 Å². The van der Waals surface area contributed by atoms with E-state index in [1.54, 1.807) is 29.2 Å². The Balaban J connectivity index is 1.75. The number of nitrogens with one attached hydrogen (secondary N) is 1. The molecule has 3 aromatic carbocycles. The summed E-state index contributed by atoms with van der Waals surface area (Å²) in [6.45, 7) is 2.87. The highest BCUT2D eigenvalue weighted by Crippen LogP contribution is 2.54. The summed E-state index contributed by atoms with van der Waals surface area (Å²) in [6, 6.07) is 17.9. The van der Waals surface area contributed by atoms with Crippen LogP contribution in [0.25, 0.3) is 0 Å². The molecular weight excluding hydrogens is 629 g/mol. The molecule has 2 aliphatic rings. The first kappa shape index (κ1) is 33.4. The molecule has 0 aromatic heterocycles. The molecule has 2 fully saturated rings. The van der Waals surface area contributed by atoms with Gasteiger partial charge in [0.15, 0.2) is 11.5 Å². The number of rotatable bonds is 10. The Labute approximate surface area is 279 Å². The fourth-order valence-corrected chi connectivity index (χ4v) is 8.01. The standard InChI is InChI=1S/C35H39Cl2N3O6/c1-5-23(24-13-14-39-32(24)41)26-19-40(33(42)21-16-29(44-2)31(46-4)30(17-21)45-3)18-25(20-11-12-27(36)28(37)15-20)35(26,34(38)43)22-9-7-6-8-10-22/h6-12,15-17,23-26H,5,13-14,18-19H2,1-4H3,(H2,38,43)(H,39,41). The van der Waals surface area contributed by atoms with Crippen LogP contribution in [0.2, 0.25) is 10.0 Å². The van der Waals surface area contributed by atoms with Gasteiger partial charge < -0.3 is 30.2 Å². The number of halogens is 2. The van der Waals surface area contributed by atoms with Gasteiger partial charge in [-0.1, -0.05) is 72.9 Å². The molecule has 46 heavy (non-hydrogen) atoms. The van der Waals surface area contributed by atoms with Gasteiger partial charge in [-0.05, 0) is 53.6 Å². The number of carbonyl (C=O) groups is 3. The van der Waals surface area contributed by atoms with Crippen LogP contribution in [-0.4, -0.2) is 63.6 Å². The van der Waals surface area contributed by atoms with Gasteiger partial charge in [-0.15, -0.1) is 0 Å². The topological polar surface area (TPSA) is 120 Å². The van der Waals surface area contributed by atoms with Crippen LogP contribution in [0.1, 0.15) is 47.2 Å². The zero-order valence-corrected chi connectivity index (χ0v) is 27.9. The number of hydrogen-bond donors (Lipinski definition) is 2. The maximum Gasteiger partial charge on any atom is 0.254 e. The van der Waals surface area contributed by atoms with Crippen LogP contribution in [0.3, 0.4) is 0 Å². The predicted molar refractivity (Wildman–Crippen MR) is 177 cm³/mol. The van der Waals surface area contributed by atoms with Gasteiger partial charge in [0.05, 0.1) is 36.8 Å². The lowest BCUT2D eigenvalue weighted by Gasteiger charge is -2.54. The van der Waals surface area contributed by atoms with Crippen molar-refractivity contribution in [2.24, 2.45) is 23.5 Å². The molecule has 0 aliphatic carbocycles. The number of likely N-dealkylation sites (tertiary alicyclic amines) is 1. The number of hydrogen-bond acceptors (Lipinski definition) is 6. The first-order valence-electron chi connectivity index (χ1n) is 15.3. The number of benzene rings is 3. The quantitative estimate of drug-likeness (QED) is 0.296. The summed E-state index contributed by atoms with van der Waals surface area (Å²) in [5, 5.41) is 3.64. The molecule has 3 aromatic rings. The summed E-state index contributed by atoms with van der Waals surface area (Å²) in [5.74, 6) is -1.66. The average molecular weight is 669 g/mol. The number of primary amides is 1. The van der Waals surface area contributed by atoms with E-state index >= 15 is 0 Å². The fourth-order valence-electron chi connectivity index (χ4n) is 7.70. The van der Waals surface area contributed by atoms with Crippen molar-refractivity contribution in [3.8, 4) is 17.2 Å². The molecule has 3 N–H and O–H groups in total. The normalized spacial score (nSPS) is 23.4. The molecule has 5 rings (SSSR count). The molecule has 2 aliphatic heterocycles. The van der Waals surface area contributed by atoms with Crippen LogP contribution < -0.4 is 25.3 Å². The minimum atomic E-state index is -1.30. The predicted octanol–water partition coefficient (Wildman–Crippen LogP) is 5.46. The Kier molecular flexibility index (Phi) is 10.0. The summed E-state index contributed by atoms with van der Waals surface area (Å²) >= 11 is 12.9. The molecule has 2 heterocycles. The third-order valence-electron chi connectivity index (χ3n) is 9.76. The van der Waals surface area contributed by atoms with Gasteiger partial charge >= 0.3 is 0 Å². The van der Waals surface area contributed by atoms with Crippen molar-refractivity contribution in [1.82, 2.24) is 10.2 Å². The van der Waals surface area contributed by atoms with Crippen LogP contribution in [0.4, 0.5) is 0 Å². The van der Waals surface area contributed by atoms with Crippen LogP contribution in [0.15, 0.2) is 60.7 Å². The van der Waals surface area contributed by atoms with E-state index in [4.69, 9.17) is 43.1 Å². The lowest BCUT2D eigenvalue weighted by atomic mass is 9.53. The zero-order chi connectivity index (χ0) is 33.2. The molecule has 3 amide bonds. The summed E-state index contributed by atoms with van der Waals surface area (Å²) in [6.07, 6.45) is 1.21. The molecule has 2 saturated heterocycles. The second-order valence-corrected chi connectivity index (χ2v) is 12.6. The molecule has 9 nitrogen and oxygen atoms in total. The Bertz CT molecular complexity index is 1590. The van der Waals surface area contributed by atoms with Crippen molar-refractivity contribution in [3.05, 3.63) is 87.4 Å². The van der Waals surface area contributed by atoms with Crippen LogP contribution in [0, 0.1) is 17.8 Å². The van der Waals surface area contributed by atoms with Gasteiger partial charge in [-0.25, -0.2) is 0 Å². The molecule has 0 spiro atoms. The first-order valence-corrected chi connectivity index (χ1v) is 16.0. The largest absolute Gasteiger partial charge is 0.493 e. The number of amides is 3. The Hall–Kier alpha value is -3.95. The van der Waals surface area contributed by atoms with E-state index in [1.165, 1.54) is 21.3 Å². The highest BCUT2D eigenvalue weighted by molar-refractivity contribution is 6.42. The fraction of sp³-hybridized carbons (Fsp3) is 0.400. The first-order chi connectivity index (χ1) is 22.1.